The van der Waals surface area contributed by atoms with Crippen LogP contribution in [0.2, 0.25) is 0 Å². The second kappa shape index (κ2) is 9.79. The SMILES string of the molecule is CC.CC.CN1CCC2(CCN(c3ccnc4c(C(F)(F)F)cccc34)CC2)C1. The number of pyridine rings is 1. The monoisotopic (exact) mass is 409 g/mol. The van der Waals surface area contributed by atoms with Gasteiger partial charge in [-0.3, -0.25) is 4.98 Å². The number of benzene rings is 1. The number of fused-ring (bicyclic) bond motifs is 1. The zero-order chi connectivity index (χ0) is 21.7. The van der Waals surface area contributed by atoms with Crippen molar-refractivity contribution >= 4 is 16.6 Å². The summed E-state index contributed by atoms with van der Waals surface area (Å²) < 4.78 is 39.8. The molecule has 0 bridgehead atoms. The van der Waals surface area contributed by atoms with Gasteiger partial charge in [0.1, 0.15) is 0 Å². The maximum absolute atomic E-state index is 13.3. The van der Waals surface area contributed by atoms with E-state index in [1.165, 1.54) is 18.7 Å². The Labute approximate surface area is 172 Å². The van der Waals surface area contributed by atoms with Crippen LogP contribution in [0.15, 0.2) is 30.5 Å². The van der Waals surface area contributed by atoms with E-state index in [1.54, 1.807) is 6.07 Å². The highest BCUT2D eigenvalue weighted by Crippen LogP contribution is 2.42. The number of rotatable bonds is 1. The van der Waals surface area contributed by atoms with Gasteiger partial charge in [0, 0.05) is 36.9 Å². The van der Waals surface area contributed by atoms with Crippen LogP contribution in [-0.2, 0) is 6.18 Å². The molecule has 1 aromatic heterocycles. The number of para-hydroxylation sites is 1. The quantitative estimate of drug-likeness (QED) is 0.557. The van der Waals surface area contributed by atoms with Gasteiger partial charge in [0.15, 0.2) is 0 Å². The molecule has 0 unspecified atom stereocenters. The van der Waals surface area contributed by atoms with Gasteiger partial charge in [-0.25, -0.2) is 0 Å². The lowest BCUT2D eigenvalue weighted by atomic mass is 9.77. The topological polar surface area (TPSA) is 19.4 Å². The third-order valence-electron chi connectivity index (χ3n) is 5.85. The predicted octanol–water partition coefficient (Wildman–Crippen LogP) is 6.23. The molecule has 0 N–H and O–H groups in total. The number of alkyl halides is 3. The number of hydrogen-bond donors (Lipinski definition) is 0. The maximum atomic E-state index is 13.3. The largest absolute Gasteiger partial charge is 0.418 e. The fourth-order valence-electron chi connectivity index (χ4n) is 4.45. The molecule has 3 heterocycles. The molecular formula is C23H34F3N3. The molecule has 2 aliphatic rings. The Morgan fingerprint density at radius 1 is 0.931 bits per heavy atom. The van der Waals surface area contributed by atoms with E-state index in [9.17, 15) is 13.2 Å². The van der Waals surface area contributed by atoms with E-state index < -0.39 is 11.7 Å². The molecule has 0 amide bonds. The fourth-order valence-corrected chi connectivity index (χ4v) is 4.45. The molecule has 29 heavy (non-hydrogen) atoms. The number of piperidine rings is 1. The second-order valence-corrected chi connectivity index (χ2v) is 7.50. The number of halogens is 3. The van der Waals surface area contributed by atoms with Crippen molar-refractivity contribution in [3.8, 4) is 0 Å². The van der Waals surface area contributed by atoms with Crippen LogP contribution in [0, 0.1) is 5.41 Å². The van der Waals surface area contributed by atoms with Crippen LogP contribution < -0.4 is 4.90 Å². The van der Waals surface area contributed by atoms with Crippen molar-refractivity contribution < 1.29 is 13.2 Å². The van der Waals surface area contributed by atoms with Crippen molar-refractivity contribution in [1.29, 1.82) is 0 Å². The van der Waals surface area contributed by atoms with E-state index in [0.717, 1.165) is 50.8 Å². The predicted molar refractivity (Wildman–Crippen MR) is 115 cm³/mol. The van der Waals surface area contributed by atoms with Gasteiger partial charge in [0.25, 0.3) is 0 Å². The zero-order valence-electron chi connectivity index (χ0n) is 18.3. The Morgan fingerprint density at radius 3 is 2.10 bits per heavy atom. The molecule has 0 aliphatic carbocycles. The molecule has 2 fully saturated rings. The Balaban J connectivity index is 0.000000707. The molecule has 2 saturated heterocycles. The van der Waals surface area contributed by atoms with Crippen molar-refractivity contribution in [2.45, 2.75) is 53.1 Å². The van der Waals surface area contributed by atoms with Crippen molar-refractivity contribution in [2.75, 3.05) is 38.1 Å². The summed E-state index contributed by atoms with van der Waals surface area (Å²) in [6, 6.07) is 6.19. The third-order valence-corrected chi connectivity index (χ3v) is 5.85. The molecule has 3 nitrogen and oxygen atoms in total. The summed E-state index contributed by atoms with van der Waals surface area (Å²) >= 11 is 0. The van der Waals surface area contributed by atoms with Gasteiger partial charge in [-0.15, -0.1) is 0 Å². The van der Waals surface area contributed by atoms with Crippen LogP contribution in [0.25, 0.3) is 10.9 Å². The summed E-state index contributed by atoms with van der Waals surface area (Å²) in [4.78, 5) is 8.64. The van der Waals surface area contributed by atoms with Gasteiger partial charge in [0.2, 0.25) is 0 Å². The first kappa shape index (κ1) is 23.5. The molecule has 4 rings (SSSR count). The first-order valence-electron chi connectivity index (χ1n) is 10.8. The van der Waals surface area contributed by atoms with Crippen molar-refractivity contribution in [1.82, 2.24) is 9.88 Å². The van der Waals surface area contributed by atoms with Crippen molar-refractivity contribution in [3.05, 3.63) is 36.0 Å². The fraction of sp³-hybridized carbons (Fsp3) is 0.609. The van der Waals surface area contributed by atoms with Crippen LogP contribution in [0.3, 0.4) is 0 Å². The van der Waals surface area contributed by atoms with E-state index in [4.69, 9.17) is 0 Å². The van der Waals surface area contributed by atoms with Gasteiger partial charge < -0.3 is 9.80 Å². The van der Waals surface area contributed by atoms with Gasteiger partial charge in [-0.05, 0) is 50.4 Å². The highest BCUT2D eigenvalue weighted by Gasteiger charge is 2.40. The molecule has 2 aromatic rings. The molecule has 0 atom stereocenters. The van der Waals surface area contributed by atoms with Crippen molar-refractivity contribution in [3.63, 3.8) is 0 Å². The van der Waals surface area contributed by atoms with Gasteiger partial charge in [0.05, 0.1) is 11.1 Å². The summed E-state index contributed by atoms with van der Waals surface area (Å²) in [5.41, 5.74) is 0.661. The van der Waals surface area contributed by atoms with Crippen LogP contribution in [0.4, 0.5) is 18.9 Å². The Bertz CT molecular complexity index is 781. The van der Waals surface area contributed by atoms with E-state index in [1.807, 2.05) is 33.8 Å². The van der Waals surface area contributed by atoms with E-state index in [-0.39, 0.29) is 5.52 Å². The van der Waals surface area contributed by atoms with Crippen LogP contribution >= 0.6 is 0 Å². The van der Waals surface area contributed by atoms with E-state index in [0.29, 0.717) is 10.8 Å². The second-order valence-electron chi connectivity index (χ2n) is 7.50. The molecule has 1 aromatic carbocycles. The standard InChI is InChI=1S/C19H22F3N3.2C2H6/c1-24-10-6-18(13-24)7-11-25(12-8-18)16-5-9-23-17-14(16)3-2-4-15(17)19(20,21)22;2*1-2/h2-5,9H,6-8,10-13H2,1H3;2*1-2H3. The average molecular weight is 410 g/mol. The molecule has 0 radical (unpaired) electrons. The molecule has 1 spiro atoms. The minimum Gasteiger partial charge on any atom is -0.371 e. The number of nitrogens with zero attached hydrogens (tertiary/aromatic N) is 3. The van der Waals surface area contributed by atoms with E-state index >= 15 is 0 Å². The summed E-state index contributed by atoms with van der Waals surface area (Å²) in [5, 5.41) is 0.594. The molecule has 0 saturated carbocycles. The zero-order valence-corrected chi connectivity index (χ0v) is 18.3. The highest BCUT2D eigenvalue weighted by molar-refractivity contribution is 5.93. The third kappa shape index (κ3) is 5.03. The summed E-state index contributed by atoms with van der Waals surface area (Å²) in [6.07, 6.45) is 0.541. The van der Waals surface area contributed by atoms with Crippen LogP contribution in [0.1, 0.15) is 52.5 Å². The number of anilines is 1. The first-order valence-corrected chi connectivity index (χ1v) is 10.8. The van der Waals surface area contributed by atoms with Crippen LogP contribution in [0.5, 0.6) is 0 Å². The molecule has 162 valence electrons. The normalized spacial score (nSPS) is 18.8. The lowest BCUT2D eigenvalue weighted by Crippen LogP contribution is -2.41. The lowest BCUT2D eigenvalue weighted by Gasteiger charge is -2.40. The molecular weight excluding hydrogens is 375 g/mol. The van der Waals surface area contributed by atoms with Gasteiger partial charge >= 0.3 is 6.18 Å². The smallest absolute Gasteiger partial charge is 0.371 e. The van der Waals surface area contributed by atoms with Gasteiger partial charge in [-0.1, -0.05) is 39.8 Å². The van der Waals surface area contributed by atoms with Crippen molar-refractivity contribution in [2.24, 2.45) is 5.41 Å². The highest BCUT2D eigenvalue weighted by atomic mass is 19.4. The number of aromatic nitrogens is 1. The van der Waals surface area contributed by atoms with E-state index in [2.05, 4.69) is 21.8 Å². The molecule has 6 heteroatoms. The molecule has 2 aliphatic heterocycles. The lowest BCUT2D eigenvalue weighted by molar-refractivity contribution is -0.136. The summed E-state index contributed by atoms with van der Waals surface area (Å²) in [7, 11) is 2.16. The summed E-state index contributed by atoms with van der Waals surface area (Å²) in [6.45, 7) is 12.1. The Hall–Kier alpha value is -1.82. The average Bonchev–Trinajstić information content (AvgIpc) is 3.10. The maximum Gasteiger partial charge on any atom is 0.418 e. The minimum atomic E-state index is -4.38. The number of hydrogen-bond acceptors (Lipinski definition) is 3. The van der Waals surface area contributed by atoms with Crippen LogP contribution in [-0.4, -0.2) is 43.1 Å². The van der Waals surface area contributed by atoms with Gasteiger partial charge in [-0.2, -0.15) is 13.2 Å². The summed E-state index contributed by atoms with van der Waals surface area (Å²) in [5.74, 6) is 0. The Kier molecular flexibility index (Phi) is 7.92. The minimum absolute atomic E-state index is 0.0494. The number of likely N-dealkylation sites (tertiary alicyclic amines) is 1. The Morgan fingerprint density at radius 2 is 1.55 bits per heavy atom. The first-order chi connectivity index (χ1) is 13.9.